The minimum atomic E-state index is -1.66. The Hall–Kier alpha value is -4.21. The predicted octanol–water partition coefficient (Wildman–Crippen LogP) is 1.23. The number of benzene rings is 1. The summed E-state index contributed by atoms with van der Waals surface area (Å²) in [5, 5.41) is 13.2. The molecule has 2 aromatic rings. The number of rotatable bonds is 3. The Morgan fingerprint density at radius 2 is 1.72 bits per heavy atom. The molecule has 2 fully saturated rings. The SMILES string of the molecule is CC(=O)Nc1ccc(-c2ccc(O)c3c2CC2CC4CC(=O)C(C(N)=O)C(=O)C4C(=O)C2C3=O)cn1. The van der Waals surface area contributed by atoms with Gasteiger partial charge >= 0.3 is 0 Å². The molecule has 0 aliphatic heterocycles. The second-order valence-electron chi connectivity index (χ2n) is 9.69. The standard InChI is InChI=1S/C26H23N3O7/c1-10(30)29-18-5-2-11(9-28-18)14-3-4-16(31)21-15(14)7-12-6-13-8-17(32)22(26(27)36)25(35)20(13)23(33)19(12)24(21)34/h2-5,9,12-13,19-20,22,31H,6-8H2,1H3,(H2,27,36)(H,28,29,30). The number of carbonyl (C=O) groups excluding carboxylic acids is 6. The fourth-order valence-corrected chi connectivity index (χ4v) is 6.07. The third-order valence-corrected chi connectivity index (χ3v) is 7.49. The molecule has 36 heavy (non-hydrogen) atoms. The van der Waals surface area contributed by atoms with E-state index in [0.717, 1.165) is 0 Å². The van der Waals surface area contributed by atoms with Crippen molar-refractivity contribution in [1.29, 1.82) is 0 Å². The van der Waals surface area contributed by atoms with E-state index in [1.807, 2.05) is 0 Å². The van der Waals surface area contributed by atoms with E-state index in [0.29, 0.717) is 22.5 Å². The van der Waals surface area contributed by atoms with E-state index < -0.39 is 58.6 Å². The topological polar surface area (TPSA) is 174 Å². The number of nitrogens with zero attached hydrogens (tertiary/aromatic N) is 1. The third kappa shape index (κ3) is 3.60. The zero-order valence-corrected chi connectivity index (χ0v) is 19.3. The van der Waals surface area contributed by atoms with Crippen molar-refractivity contribution >= 4 is 40.8 Å². The summed E-state index contributed by atoms with van der Waals surface area (Å²) in [4.78, 5) is 79.6. The second kappa shape index (κ2) is 8.47. The zero-order valence-electron chi connectivity index (χ0n) is 19.3. The predicted molar refractivity (Wildman–Crippen MR) is 125 cm³/mol. The molecule has 10 nitrogen and oxygen atoms in total. The van der Waals surface area contributed by atoms with Crippen LogP contribution in [0.2, 0.25) is 0 Å². The molecule has 5 atom stereocenters. The number of hydrogen-bond acceptors (Lipinski definition) is 8. The maximum atomic E-state index is 13.6. The van der Waals surface area contributed by atoms with Crippen molar-refractivity contribution in [3.8, 4) is 16.9 Å². The Morgan fingerprint density at radius 1 is 1.00 bits per heavy atom. The average Bonchev–Trinajstić information content (AvgIpc) is 2.78. The molecule has 4 N–H and O–H groups in total. The first-order chi connectivity index (χ1) is 17.1. The summed E-state index contributed by atoms with van der Waals surface area (Å²) in [5.41, 5.74) is 7.13. The Morgan fingerprint density at radius 3 is 2.36 bits per heavy atom. The number of fused-ring (bicyclic) bond motifs is 3. The third-order valence-electron chi connectivity index (χ3n) is 7.49. The van der Waals surface area contributed by atoms with Crippen molar-refractivity contribution < 1.29 is 33.9 Å². The van der Waals surface area contributed by atoms with E-state index in [2.05, 4.69) is 10.3 Å². The number of Topliss-reactive ketones (excluding diaryl/α,β-unsaturated/α-hetero) is 4. The number of nitrogens with one attached hydrogen (secondary N) is 1. The highest BCUT2D eigenvalue weighted by Gasteiger charge is 2.57. The molecule has 2 amide bonds. The smallest absolute Gasteiger partial charge is 0.235 e. The van der Waals surface area contributed by atoms with E-state index in [1.54, 1.807) is 24.4 Å². The molecule has 0 bridgehead atoms. The van der Waals surface area contributed by atoms with Gasteiger partial charge in [-0.2, -0.15) is 0 Å². The van der Waals surface area contributed by atoms with E-state index in [9.17, 15) is 33.9 Å². The van der Waals surface area contributed by atoms with E-state index >= 15 is 0 Å². The Kier molecular flexibility index (Phi) is 5.54. The monoisotopic (exact) mass is 489 g/mol. The highest BCUT2D eigenvalue weighted by Crippen LogP contribution is 2.49. The van der Waals surface area contributed by atoms with Crippen molar-refractivity contribution in [3.63, 3.8) is 0 Å². The number of ketones is 4. The summed E-state index contributed by atoms with van der Waals surface area (Å²) in [7, 11) is 0. The number of nitrogens with two attached hydrogens (primary N) is 1. The molecule has 2 saturated carbocycles. The van der Waals surface area contributed by atoms with Gasteiger partial charge in [0.25, 0.3) is 0 Å². The molecule has 0 radical (unpaired) electrons. The number of carbonyl (C=O) groups is 6. The number of aromatic hydroxyl groups is 1. The van der Waals surface area contributed by atoms with Gasteiger partial charge in [-0.15, -0.1) is 0 Å². The minimum Gasteiger partial charge on any atom is -0.507 e. The summed E-state index contributed by atoms with van der Waals surface area (Å²) in [6, 6.07) is 6.38. The summed E-state index contributed by atoms with van der Waals surface area (Å²) in [6.07, 6.45) is 1.98. The van der Waals surface area contributed by atoms with Crippen LogP contribution in [-0.4, -0.2) is 45.0 Å². The van der Waals surface area contributed by atoms with E-state index in [4.69, 9.17) is 5.73 Å². The lowest BCUT2D eigenvalue weighted by Crippen LogP contribution is -2.56. The molecule has 3 aliphatic rings. The fraction of sp³-hybridized carbons (Fsp3) is 0.346. The first-order valence-electron chi connectivity index (χ1n) is 11.6. The molecule has 1 aromatic heterocycles. The number of aromatic nitrogens is 1. The van der Waals surface area contributed by atoms with Crippen LogP contribution in [0.3, 0.4) is 0 Å². The normalized spacial score (nSPS) is 27.1. The van der Waals surface area contributed by atoms with Crippen LogP contribution in [0.1, 0.15) is 35.7 Å². The van der Waals surface area contributed by atoms with Gasteiger partial charge in [0.05, 0.1) is 17.4 Å². The largest absolute Gasteiger partial charge is 0.507 e. The summed E-state index contributed by atoms with van der Waals surface area (Å²) < 4.78 is 0. The Labute approximate surface area is 205 Å². The number of anilines is 1. The van der Waals surface area contributed by atoms with Crippen LogP contribution < -0.4 is 11.1 Å². The molecule has 0 saturated heterocycles. The Balaban J connectivity index is 1.53. The lowest BCUT2D eigenvalue weighted by Gasteiger charge is -2.44. The van der Waals surface area contributed by atoms with Gasteiger partial charge in [0.15, 0.2) is 29.1 Å². The van der Waals surface area contributed by atoms with Crippen LogP contribution >= 0.6 is 0 Å². The highest BCUT2D eigenvalue weighted by atomic mass is 16.3. The second-order valence-corrected chi connectivity index (χ2v) is 9.69. The van der Waals surface area contributed by atoms with Crippen molar-refractivity contribution in [3.05, 3.63) is 41.6 Å². The van der Waals surface area contributed by atoms with E-state index in [1.165, 1.54) is 13.0 Å². The Bertz CT molecular complexity index is 1360. The number of amides is 2. The first kappa shape index (κ1) is 23.5. The molecule has 5 unspecified atom stereocenters. The molecular weight excluding hydrogens is 466 g/mol. The van der Waals surface area contributed by atoms with Crippen molar-refractivity contribution in [2.24, 2.45) is 35.3 Å². The molecule has 3 aliphatic carbocycles. The van der Waals surface area contributed by atoms with Crippen LogP contribution in [0.25, 0.3) is 11.1 Å². The van der Waals surface area contributed by atoms with Crippen LogP contribution in [0.4, 0.5) is 5.82 Å². The number of phenols is 1. The van der Waals surface area contributed by atoms with Crippen LogP contribution in [0.5, 0.6) is 5.75 Å². The maximum absolute atomic E-state index is 13.6. The highest BCUT2D eigenvalue weighted by molar-refractivity contribution is 6.27. The van der Waals surface area contributed by atoms with Crippen molar-refractivity contribution in [2.75, 3.05) is 5.32 Å². The molecule has 1 aromatic carbocycles. The van der Waals surface area contributed by atoms with Gasteiger partial charge < -0.3 is 16.2 Å². The fourth-order valence-electron chi connectivity index (χ4n) is 6.07. The quantitative estimate of drug-likeness (QED) is 0.540. The molecule has 184 valence electrons. The van der Waals surface area contributed by atoms with Crippen molar-refractivity contribution in [1.82, 2.24) is 4.98 Å². The van der Waals surface area contributed by atoms with Gasteiger partial charge in [-0.3, -0.25) is 28.8 Å². The number of hydrogen-bond donors (Lipinski definition) is 3. The zero-order chi connectivity index (χ0) is 25.9. The summed E-state index contributed by atoms with van der Waals surface area (Å²) in [5.74, 6) is -8.96. The lowest BCUT2D eigenvalue weighted by atomic mass is 9.56. The van der Waals surface area contributed by atoms with Crippen LogP contribution in [0.15, 0.2) is 30.5 Å². The number of phenolic OH excluding ortho intramolecular Hbond substituents is 1. The summed E-state index contributed by atoms with van der Waals surface area (Å²) >= 11 is 0. The molecule has 0 spiro atoms. The molecule has 10 heteroatoms. The summed E-state index contributed by atoms with van der Waals surface area (Å²) in [6.45, 7) is 1.37. The first-order valence-corrected chi connectivity index (χ1v) is 11.6. The van der Waals surface area contributed by atoms with E-state index in [-0.39, 0.29) is 36.5 Å². The van der Waals surface area contributed by atoms with Crippen molar-refractivity contribution in [2.45, 2.75) is 26.2 Å². The van der Waals surface area contributed by atoms with Gasteiger partial charge in [-0.25, -0.2) is 4.98 Å². The number of primary amides is 1. The van der Waals surface area contributed by atoms with Gasteiger partial charge in [-0.05, 0) is 54.0 Å². The van der Waals surface area contributed by atoms with Gasteiger partial charge in [0.1, 0.15) is 11.6 Å². The number of pyridine rings is 1. The maximum Gasteiger partial charge on any atom is 0.235 e. The lowest BCUT2D eigenvalue weighted by molar-refractivity contribution is -0.152. The van der Waals surface area contributed by atoms with Crippen LogP contribution in [0, 0.1) is 29.6 Å². The van der Waals surface area contributed by atoms with Crippen LogP contribution in [-0.2, 0) is 30.4 Å². The minimum absolute atomic E-state index is 0.0253. The average molecular weight is 489 g/mol. The molecular formula is C26H23N3O7. The van der Waals surface area contributed by atoms with Gasteiger partial charge in [0, 0.05) is 25.1 Å². The molecule has 1 heterocycles. The molecule has 5 rings (SSSR count). The van der Waals surface area contributed by atoms with Gasteiger partial charge in [-0.1, -0.05) is 6.07 Å². The van der Waals surface area contributed by atoms with Gasteiger partial charge in [0.2, 0.25) is 11.8 Å².